The summed E-state index contributed by atoms with van der Waals surface area (Å²) in [7, 11) is 1.85. The molecule has 1 atom stereocenters. The Bertz CT molecular complexity index is 1050. The first-order valence-corrected chi connectivity index (χ1v) is 10.0. The number of benzene rings is 2. The Morgan fingerprint density at radius 1 is 1.23 bits per heavy atom. The highest BCUT2D eigenvalue weighted by Crippen LogP contribution is 2.32. The largest absolute Gasteiger partial charge is 0.387 e. The highest BCUT2D eigenvalue weighted by molar-refractivity contribution is 5.77. The molecule has 2 aromatic carbocycles. The van der Waals surface area contributed by atoms with Gasteiger partial charge in [-0.15, -0.1) is 0 Å². The molecule has 1 aliphatic rings. The summed E-state index contributed by atoms with van der Waals surface area (Å²) in [6.45, 7) is 5.43. The molecule has 2 heterocycles. The maximum absolute atomic E-state index is 13.3. The zero-order valence-electron chi connectivity index (χ0n) is 17.0. The molecule has 1 aromatic heterocycles. The summed E-state index contributed by atoms with van der Waals surface area (Å²) in [4.78, 5) is 6.84. The lowest BCUT2D eigenvalue weighted by Crippen LogP contribution is -2.42. The Morgan fingerprint density at radius 3 is 2.73 bits per heavy atom. The van der Waals surface area contributed by atoms with Crippen LogP contribution in [0, 0.1) is 5.82 Å². The van der Waals surface area contributed by atoms with E-state index in [4.69, 9.17) is 5.73 Å². The van der Waals surface area contributed by atoms with Crippen molar-refractivity contribution in [2.24, 2.45) is 0 Å². The number of anilines is 4. The third-order valence-electron chi connectivity index (χ3n) is 5.42. The first kappa shape index (κ1) is 19.8. The molecule has 0 bridgehead atoms. The van der Waals surface area contributed by atoms with E-state index >= 15 is 0 Å². The van der Waals surface area contributed by atoms with Gasteiger partial charge in [0.1, 0.15) is 17.5 Å². The minimum absolute atomic E-state index is 0.137. The van der Waals surface area contributed by atoms with E-state index in [0.717, 1.165) is 35.6 Å². The molecule has 0 amide bonds. The van der Waals surface area contributed by atoms with Crippen LogP contribution in [0.3, 0.4) is 0 Å². The molecule has 3 aromatic rings. The van der Waals surface area contributed by atoms with Gasteiger partial charge in [-0.25, -0.2) is 9.37 Å². The topological polar surface area (TPSA) is 66.2 Å². The Hall–Kier alpha value is -3.54. The molecule has 1 unspecified atom stereocenters. The Balaban J connectivity index is 1.62. The van der Waals surface area contributed by atoms with Gasteiger partial charge >= 0.3 is 0 Å². The number of nitrogens with zero attached hydrogens (tertiary/aromatic N) is 2. The van der Waals surface area contributed by atoms with Gasteiger partial charge in [-0.05, 0) is 35.7 Å². The average Bonchev–Trinajstić information content (AvgIpc) is 2.75. The Morgan fingerprint density at radius 2 is 2.00 bits per heavy atom. The second kappa shape index (κ2) is 8.45. The Labute approximate surface area is 176 Å². The lowest BCUT2D eigenvalue weighted by atomic mass is 9.97. The number of para-hydroxylation sites is 1. The van der Waals surface area contributed by atoms with E-state index in [1.807, 2.05) is 19.2 Å². The maximum atomic E-state index is 13.3. The fourth-order valence-corrected chi connectivity index (χ4v) is 4.03. The number of nitrogen functional groups attached to an aromatic ring is 1. The molecule has 0 saturated carbocycles. The third kappa shape index (κ3) is 4.08. The number of fused-ring (bicyclic) bond motifs is 1. The van der Waals surface area contributed by atoms with Crippen LogP contribution in [0.4, 0.5) is 27.4 Å². The van der Waals surface area contributed by atoms with E-state index in [9.17, 15) is 4.39 Å². The molecular weight excluding hydrogens is 377 g/mol. The van der Waals surface area contributed by atoms with Gasteiger partial charge in [0.15, 0.2) is 0 Å². The van der Waals surface area contributed by atoms with Crippen molar-refractivity contribution in [1.82, 2.24) is 4.98 Å². The van der Waals surface area contributed by atoms with Crippen molar-refractivity contribution in [2.45, 2.75) is 19.0 Å². The molecule has 0 radical (unpaired) electrons. The SMILES string of the molecule is C=Cc1c(NC)cc(N)nc1NC1Cc2ccccc2N(Cc2ccc(F)cc2)C1. The van der Waals surface area contributed by atoms with E-state index in [1.165, 1.54) is 23.4 Å². The van der Waals surface area contributed by atoms with Gasteiger partial charge in [0.05, 0.1) is 0 Å². The smallest absolute Gasteiger partial charge is 0.138 e. The number of hydrogen-bond donors (Lipinski definition) is 3. The van der Waals surface area contributed by atoms with Gasteiger partial charge in [-0.1, -0.05) is 43.0 Å². The van der Waals surface area contributed by atoms with Crippen LogP contribution in [-0.4, -0.2) is 24.6 Å². The van der Waals surface area contributed by atoms with E-state index in [-0.39, 0.29) is 11.9 Å². The number of pyridine rings is 1. The summed E-state index contributed by atoms with van der Waals surface area (Å²) in [6.07, 6.45) is 2.66. The molecule has 30 heavy (non-hydrogen) atoms. The summed E-state index contributed by atoms with van der Waals surface area (Å²) in [5.41, 5.74) is 11.3. The quantitative estimate of drug-likeness (QED) is 0.564. The number of nitrogens with two attached hydrogens (primary N) is 1. The number of aromatic nitrogens is 1. The molecule has 0 aliphatic carbocycles. The minimum atomic E-state index is -0.220. The van der Waals surface area contributed by atoms with Gasteiger partial charge in [0, 0.05) is 49.2 Å². The van der Waals surface area contributed by atoms with Crippen LogP contribution in [-0.2, 0) is 13.0 Å². The molecule has 0 spiro atoms. The van der Waals surface area contributed by atoms with Crippen molar-refractivity contribution in [3.8, 4) is 0 Å². The summed E-state index contributed by atoms with van der Waals surface area (Å²) in [6, 6.07) is 17.0. The van der Waals surface area contributed by atoms with Gasteiger partial charge in [-0.2, -0.15) is 0 Å². The van der Waals surface area contributed by atoms with Gasteiger partial charge in [-0.3, -0.25) is 0 Å². The number of nitrogens with one attached hydrogen (secondary N) is 2. The first-order valence-electron chi connectivity index (χ1n) is 10.0. The van der Waals surface area contributed by atoms with E-state index in [0.29, 0.717) is 12.4 Å². The summed E-state index contributed by atoms with van der Waals surface area (Å²) in [5, 5.41) is 6.73. The van der Waals surface area contributed by atoms with Crippen LogP contribution in [0.15, 0.2) is 61.2 Å². The Kier molecular flexibility index (Phi) is 5.57. The zero-order chi connectivity index (χ0) is 21.1. The van der Waals surface area contributed by atoms with Crippen molar-refractivity contribution in [3.63, 3.8) is 0 Å². The first-order chi connectivity index (χ1) is 14.6. The highest BCUT2D eigenvalue weighted by Gasteiger charge is 2.25. The molecule has 154 valence electrons. The molecule has 4 N–H and O–H groups in total. The third-order valence-corrected chi connectivity index (χ3v) is 5.42. The predicted octanol–water partition coefficient (Wildman–Crippen LogP) is 4.53. The summed E-state index contributed by atoms with van der Waals surface area (Å²) in [5.74, 6) is 0.953. The monoisotopic (exact) mass is 403 g/mol. The van der Waals surface area contributed by atoms with Crippen LogP contribution in [0.2, 0.25) is 0 Å². The van der Waals surface area contributed by atoms with Crippen LogP contribution < -0.4 is 21.3 Å². The molecule has 6 heteroatoms. The van der Waals surface area contributed by atoms with Crippen LogP contribution >= 0.6 is 0 Å². The molecule has 0 fully saturated rings. The number of hydrogen-bond acceptors (Lipinski definition) is 5. The van der Waals surface area contributed by atoms with E-state index in [1.54, 1.807) is 12.1 Å². The van der Waals surface area contributed by atoms with Gasteiger partial charge in [0.25, 0.3) is 0 Å². The van der Waals surface area contributed by atoms with Crippen LogP contribution in [0.25, 0.3) is 6.08 Å². The average molecular weight is 404 g/mol. The standard InChI is InChI=1S/C24H26FN5/c1-3-20-21(27-2)13-23(26)29-24(20)28-19-12-17-6-4-5-7-22(17)30(15-19)14-16-8-10-18(25)11-9-16/h3-11,13,19H,1,12,14-15H2,2H3,(H4,26,27,28,29). The zero-order valence-corrected chi connectivity index (χ0v) is 17.0. The highest BCUT2D eigenvalue weighted by atomic mass is 19.1. The van der Waals surface area contributed by atoms with Crippen molar-refractivity contribution in [2.75, 3.05) is 34.9 Å². The van der Waals surface area contributed by atoms with Crippen LogP contribution in [0.5, 0.6) is 0 Å². The molecule has 0 saturated heterocycles. The fraction of sp³-hybridized carbons (Fsp3) is 0.208. The lowest BCUT2D eigenvalue weighted by Gasteiger charge is -2.37. The van der Waals surface area contributed by atoms with E-state index < -0.39 is 0 Å². The maximum Gasteiger partial charge on any atom is 0.138 e. The van der Waals surface area contributed by atoms with Crippen molar-refractivity contribution < 1.29 is 4.39 Å². The molecular formula is C24H26FN5. The lowest BCUT2D eigenvalue weighted by molar-refractivity contribution is 0.619. The van der Waals surface area contributed by atoms with E-state index in [2.05, 4.69) is 51.4 Å². The second-order valence-corrected chi connectivity index (χ2v) is 7.49. The second-order valence-electron chi connectivity index (χ2n) is 7.49. The van der Waals surface area contributed by atoms with Crippen molar-refractivity contribution >= 4 is 29.1 Å². The van der Waals surface area contributed by atoms with Crippen molar-refractivity contribution in [1.29, 1.82) is 0 Å². The summed E-state index contributed by atoms with van der Waals surface area (Å²) < 4.78 is 13.3. The summed E-state index contributed by atoms with van der Waals surface area (Å²) >= 11 is 0. The molecule has 5 nitrogen and oxygen atoms in total. The predicted molar refractivity (Wildman–Crippen MR) is 123 cm³/mol. The van der Waals surface area contributed by atoms with Crippen molar-refractivity contribution in [3.05, 3.63) is 83.7 Å². The minimum Gasteiger partial charge on any atom is -0.387 e. The molecule has 4 rings (SSSR count). The van der Waals surface area contributed by atoms with Gasteiger partial charge in [0.2, 0.25) is 0 Å². The van der Waals surface area contributed by atoms with Crippen LogP contribution in [0.1, 0.15) is 16.7 Å². The normalized spacial score (nSPS) is 15.4. The molecule has 1 aliphatic heterocycles. The van der Waals surface area contributed by atoms with Gasteiger partial charge < -0.3 is 21.3 Å². The fourth-order valence-electron chi connectivity index (χ4n) is 4.03. The number of rotatable bonds is 6. The number of halogens is 1.